The maximum atomic E-state index is 12.2. The number of aromatic nitrogens is 4. The first kappa shape index (κ1) is 18.1. The SMILES string of the molecule is Cc1cc(C)n(CCNC(=O)N(C)Cc2noc(C3CCC3)n2)c(=O)n1. The Morgan fingerprint density at radius 2 is 2.15 bits per heavy atom. The van der Waals surface area contributed by atoms with Gasteiger partial charge in [0.1, 0.15) is 0 Å². The average Bonchev–Trinajstić information content (AvgIpc) is 2.95. The van der Waals surface area contributed by atoms with E-state index in [0.29, 0.717) is 36.4 Å². The number of aryl methyl sites for hydroxylation is 2. The van der Waals surface area contributed by atoms with Crippen molar-refractivity contribution in [3.63, 3.8) is 0 Å². The fraction of sp³-hybridized carbons (Fsp3) is 0.588. The molecule has 3 rings (SSSR count). The molecule has 0 aliphatic heterocycles. The van der Waals surface area contributed by atoms with E-state index in [1.807, 2.05) is 13.0 Å². The second-order valence-electron chi connectivity index (χ2n) is 6.74. The van der Waals surface area contributed by atoms with E-state index < -0.39 is 0 Å². The highest BCUT2D eigenvalue weighted by Crippen LogP contribution is 2.35. The van der Waals surface area contributed by atoms with Gasteiger partial charge in [0, 0.05) is 37.4 Å². The standard InChI is InChI=1S/C17H24N6O3/c1-11-9-12(2)23(17(25)19-11)8-7-18-16(24)22(3)10-14-20-15(26-21-14)13-5-4-6-13/h9,13H,4-8,10H2,1-3H3,(H,18,24). The number of hydrogen-bond acceptors (Lipinski definition) is 6. The van der Waals surface area contributed by atoms with Gasteiger partial charge in [0.05, 0.1) is 6.54 Å². The van der Waals surface area contributed by atoms with Crippen LogP contribution in [0.2, 0.25) is 0 Å². The van der Waals surface area contributed by atoms with Crippen molar-refractivity contribution in [2.75, 3.05) is 13.6 Å². The summed E-state index contributed by atoms with van der Waals surface area (Å²) in [7, 11) is 1.67. The number of nitrogens with zero attached hydrogens (tertiary/aromatic N) is 5. The molecule has 1 aliphatic rings. The molecule has 9 nitrogen and oxygen atoms in total. The van der Waals surface area contributed by atoms with Gasteiger partial charge in [-0.15, -0.1) is 0 Å². The summed E-state index contributed by atoms with van der Waals surface area (Å²) in [6, 6.07) is 1.58. The third kappa shape index (κ3) is 4.09. The Bertz CT molecular complexity index is 839. The topological polar surface area (TPSA) is 106 Å². The van der Waals surface area contributed by atoms with E-state index in [9.17, 15) is 9.59 Å². The highest BCUT2D eigenvalue weighted by molar-refractivity contribution is 5.73. The highest BCUT2D eigenvalue weighted by Gasteiger charge is 2.25. The van der Waals surface area contributed by atoms with E-state index in [-0.39, 0.29) is 18.3 Å². The number of amides is 2. The summed E-state index contributed by atoms with van der Waals surface area (Å²) < 4.78 is 6.80. The van der Waals surface area contributed by atoms with Crippen molar-refractivity contribution in [3.8, 4) is 0 Å². The molecule has 140 valence electrons. The summed E-state index contributed by atoms with van der Waals surface area (Å²) in [5.74, 6) is 1.54. The van der Waals surface area contributed by atoms with Crippen LogP contribution in [0, 0.1) is 13.8 Å². The first-order valence-corrected chi connectivity index (χ1v) is 8.80. The zero-order valence-electron chi connectivity index (χ0n) is 15.4. The molecule has 0 spiro atoms. The van der Waals surface area contributed by atoms with Crippen LogP contribution in [0.5, 0.6) is 0 Å². The molecule has 0 bridgehead atoms. The lowest BCUT2D eigenvalue weighted by Crippen LogP contribution is -2.40. The maximum Gasteiger partial charge on any atom is 0.348 e. The molecule has 0 atom stereocenters. The van der Waals surface area contributed by atoms with E-state index in [1.165, 1.54) is 15.9 Å². The summed E-state index contributed by atoms with van der Waals surface area (Å²) >= 11 is 0. The lowest BCUT2D eigenvalue weighted by atomic mass is 9.85. The Labute approximate surface area is 151 Å². The zero-order valence-corrected chi connectivity index (χ0v) is 15.4. The first-order chi connectivity index (χ1) is 12.4. The van der Waals surface area contributed by atoms with Crippen LogP contribution in [0.3, 0.4) is 0 Å². The van der Waals surface area contributed by atoms with Gasteiger partial charge in [-0.3, -0.25) is 4.57 Å². The van der Waals surface area contributed by atoms with Crippen molar-refractivity contribution >= 4 is 6.03 Å². The van der Waals surface area contributed by atoms with Gasteiger partial charge < -0.3 is 14.7 Å². The monoisotopic (exact) mass is 360 g/mol. The van der Waals surface area contributed by atoms with Crippen molar-refractivity contribution in [3.05, 3.63) is 39.7 Å². The smallest absolute Gasteiger partial charge is 0.339 e. The quantitative estimate of drug-likeness (QED) is 0.833. The lowest BCUT2D eigenvalue weighted by Gasteiger charge is -2.20. The average molecular weight is 360 g/mol. The molecule has 1 fully saturated rings. The van der Waals surface area contributed by atoms with Gasteiger partial charge in [-0.1, -0.05) is 11.6 Å². The van der Waals surface area contributed by atoms with Gasteiger partial charge in [0.15, 0.2) is 5.82 Å². The van der Waals surface area contributed by atoms with E-state index >= 15 is 0 Å². The van der Waals surface area contributed by atoms with Crippen molar-refractivity contribution < 1.29 is 9.32 Å². The molecule has 26 heavy (non-hydrogen) atoms. The lowest BCUT2D eigenvalue weighted by molar-refractivity contribution is 0.204. The zero-order chi connectivity index (χ0) is 18.7. The highest BCUT2D eigenvalue weighted by atomic mass is 16.5. The van der Waals surface area contributed by atoms with Crippen molar-refractivity contribution in [1.82, 2.24) is 29.9 Å². The van der Waals surface area contributed by atoms with E-state index in [1.54, 1.807) is 14.0 Å². The third-order valence-corrected chi connectivity index (χ3v) is 4.62. The molecule has 0 saturated heterocycles. The van der Waals surface area contributed by atoms with Gasteiger partial charge in [-0.2, -0.15) is 9.97 Å². The number of urea groups is 1. The Balaban J connectivity index is 1.48. The van der Waals surface area contributed by atoms with Crippen LogP contribution in [0.15, 0.2) is 15.4 Å². The van der Waals surface area contributed by atoms with Gasteiger partial charge in [0.2, 0.25) is 5.89 Å². The Morgan fingerprint density at radius 1 is 1.38 bits per heavy atom. The molecule has 1 N–H and O–H groups in total. The molecule has 0 radical (unpaired) electrons. The fourth-order valence-electron chi connectivity index (χ4n) is 2.89. The molecule has 2 aromatic heterocycles. The molecule has 0 aromatic carbocycles. The number of nitrogens with one attached hydrogen (secondary N) is 1. The number of rotatable bonds is 6. The summed E-state index contributed by atoms with van der Waals surface area (Å²) in [4.78, 5) is 33.8. The second-order valence-corrected chi connectivity index (χ2v) is 6.74. The van der Waals surface area contributed by atoms with Gasteiger partial charge in [-0.25, -0.2) is 9.59 Å². The second kappa shape index (κ2) is 7.67. The van der Waals surface area contributed by atoms with Crippen LogP contribution in [-0.4, -0.2) is 44.2 Å². The summed E-state index contributed by atoms with van der Waals surface area (Å²) in [6.45, 7) is 4.59. The van der Waals surface area contributed by atoms with Crippen molar-refractivity contribution in [1.29, 1.82) is 0 Å². The number of carbonyl (C=O) groups excluding carboxylic acids is 1. The molecule has 2 amide bonds. The normalized spacial score (nSPS) is 14.1. The van der Waals surface area contributed by atoms with Gasteiger partial charge >= 0.3 is 11.7 Å². The minimum atomic E-state index is -0.305. The first-order valence-electron chi connectivity index (χ1n) is 8.80. The molecular weight excluding hydrogens is 336 g/mol. The van der Waals surface area contributed by atoms with Crippen LogP contribution >= 0.6 is 0 Å². The van der Waals surface area contributed by atoms with Gasteiger partial charge in [0.25, 0.3) is 0 Å². The van der Waals surface area contributed by atoms with Crippen LogP contribution in [0.4, 0.5) is 4.79 Å². The predicted octanol–water partition coefficient (Wildman–Crippen LogP) is 1.35. The molecule has 2 heterocycles. The fourth-order valence-corrected chi connectivity index (χ4v) is 2.89. The van der Waals surface area contributed by atoms with Gasteiger partial charge in [-0.05, 0) is 32.8 Å². The summed E-state index contributed by atoms with van der Waals surface area (Å²) in [6.07, 6.45) is 3.37. The molecule has 0 unspecified atom stereocenters. The van der Waals surface area contributed by atoms with Crippen LogP contribution < -0.4 is 11.0 Å². The molecular formula is C17H24N6O3. The van der Waals surface area contributed by atoms with Crippen LogP contribution in [0.1, 0.15) is 48.3 Å². The van der Waals surface area contributed by atoms with Crippen LogP contribution in [0.25, 0.3) is 0 Å². The minimum absolute atomic E-state index is 0.259. The summed E-state index contributed by atoms with van der Waals surface area (Å²) in [5, 5.41) is 6.72. The van der Waals surface area contributed by atoms with E-state index in [2.05, 4.69) is 20.4 Å². The molecule has 2 aromatic rings. The largest absolute Gasteiger partial charge is 0.348 e. The Kier molecular flexibility index (Phi) is 5.34. The minimum Gasteiger partial charge on any atom is -0.339 e. The maximum absolute atomic E-state index is 12.2. The van der Waals surface area contributed by atoms with Crippen molar-refractivity contribution in [2.45, 2.75) is 52.1 Å². The molecule has 9 heteroatoms. The number of carbonyl (C=O) groups is 1. The number of hydrogen-bond donors (Lipinski definition) is 1. The van der Waals surface area contributed by atoms with Crippen LogP contribution in [-0.2, 0) is 13.1 Å². The summed E-state index contributed by atoms with van der Waals surface area (Å²) in [5.41, 5.74) is 1.20. The molecule has 1 saturated carbocycles. The Hall–Kier alpha value is -2.71. The molecule has 1 aliphatic carbocycles. The third-order valence-electron chi connectivity index (χ3n) is 4.62. The van der Waals surface area contributed by atoms with E-state index in [0.717, 1.165) is 18.5 Å². The van der Waals surface area contributed by atoms with Crippen molar-refractivity contribution in [2.24, 2.45) is 0 Å². The Morgan fingerprint density at radius 3 is 2.81 bits per heavy atom. The van der Waals surface area contributed by atoms with E-state index in [4.69, 9.17) is 4.52 Å². The predicted molar refractivity (Wildman–Crippen MR) is 93.7 cm³/mol.